The summed E-state index contributed by atoms with van der Waals surface area (Å²) in [6.45, 7) is 4.13. The summed E-state index contributed by atoms with van der Waals surface area (Å²) < 4.78 is 11.6. The van der Waals surface area contributed by atoms with Crippen molar-refractivity contribution in [1.82, 2.24) is 5.32 Å². The lowest BCUT2D eigenvalue weighted by molar-refractivity contribution is 0.0949. The zero-order valence-corrected chi connectivity index (χ0v) is 17.7. The largest absolute Gasteiger partial charge is 0.490 e. The first kappa shape index (κ1) is 20.7. The number of benzene rings is 2. The molecule has 3 aromatic rings. The van der Waals surface area contributed by atoms with Crippen LogP contribution in [0.15, 0.2) is 69.8 Å². The molecule has 6 nitrogen and oxygen atoms in total. The van der Waals surface area contributed by atoms with Gasteiger partial charge in [0, 0.05) is 5.56 Å². The van der Waals surface area contributed by atoms with Gasteiger partial charge in [-0.25, -0.2) is 0 Å². The molecule has 0 aliphatic rings. The number of amides is 2. The smallest absolute Gasteiger partial charge is 0.255 e. The first-order valence-corrected chi connectivity index (χ1v) is 9.90. The van der Waals surface area contributed by atoms with Gasteiger partial charge in [0.05, 0.1) is 34.6 Å². The van der Waals surface area contributed by atoms with Crippen LogP contribution < -0.4 is 15.4 Å². The summed E-state index contributed by atoms with van der Waals surface area (Å²) in [5.74, 6) is 0.676. The predicted octanol–water partition coefficient (Wildman–Crippen LogP) is 5.01. The normalized spacial score (nSPS) is 10.6. The molecule has 7 heteroatoms. The van der Waals surface area contributed by atoms with E-state index in [9.17, 15) is 9.59 Å². The first-order valence-electron chi connectivity index (χ1n) is 9.11. The van der Waals surface area contributed by atoms with Gasteiger partial charge in [0.2, 0.25) is 0 Å². The van der Waals surface area contributed by atoms with E-state index in [4.69, 9.17) is 9.15 Å². The molecule has 0 atom stereocenters. The van der Waals surface area contributed by atoms with Crippen LogP contribution in [0.2, 0.25) is 0 Å². The number of hydrogen-bond acceptors (Lipinski definition) is 4. The molecule has 1 aromatic heterocycles. The second kappa shape index (κ2) is 9.43. The second-order valence-corrected chi connectivity index (χ2v) is 7.43. The highest BCUT2D eigenvalue weighted by Crippen LogP contribution is 2.27. The molecule has 0 fully saturated rings. The highest BCUT2D eigenvalue weighted by atomic mass is 79.9. The van der Waals surface area contributed by atoms with E-state index in [1.807, 2.05) is 13.8 Å². The van der Waals surface area contributed by atoms with Gasteiger partial charge >= 0.3 is 0 Å². The van der Waals surface area contributed by atoms with E-state index in [0.29, 0.717) is 32.8 Å². The number of halogens is 1. The van der Waals surface area contributed by atoms with Gasteiger partial charge in [-0.1, -0.05) is 12.1 Å². The fraction of sp³-hybridized carbons (Fsp3) is 0.182. The molecular weight excluding hydrogens is 436 g/mol. The van der Waals surface area contributed by atoms with Crippen molar-refractivity contribution < 1.29 is 18.7 Å². The molecular formula is C22H21BrN2O4. The molecule has 3 rings (SSSR count). The fourth-order valence-electron chi connectivity index (χ4n) is 2.65. The number of anilines is 1. The topological polar surface area (TPSA) is 80.6 Å². The standard InChI is InChI=1S/C22H21BrN2O4/c1-14(2)29-20-10-9-15(12-18(20)23)21(26)25-19-8-4-3-7-17(19)22(27)24-13-16-6-5-11-28-16/h3-12,14H,13H2,1-2H3,(H,24,27)(H,25,26). The molecule has 29 heavy (non-hydrogen) atoms. The molecule has 0 spiro atoms. The Kier molecular flexibility index (Phi) is 6.72. The van der Waals surface area contributed by atoms with Crippen LogP contribution in [-0.2, 0) is 6.54 Å². The predicted molar refractivity (Wildman–Crippen MR) is 114 cm³/mol. The number of rotatable bonds is 7. The Morgan fingerprint density at radius 2 is 1.86 bits per heavy atom. The van der Waals surface area contributed by atoms with Crippen molar-refractivity contribution in [2.75, 3.05) is 5.32 Å². The van der Waals surface area contributed by atoms with Crippen molar-refractivity contribution >= 4 is 33.4 Å². The zero-order valence-electron chi connectivity index (χ0n) is 16.1. The maximum absolute atomic E-state index is 12.7. The lowest BCUT2D eigenvalue weighted by atomic mass is 10.1. The van der Waals surface area contributed by atoms with E-state index < -0.39 is 0 Å². The summed E-state index contributed by atoms with van der Waals surface area (Å²) in [7, 11) is 0. The van der Waals surface area contributed by atoms with Crippen LogP contribution >= 0.6 is 15.9 Å². The van der Waals surface area contributed by atoms with Gasteiger partial charge in [0.1, 0.15) is 11.5 Å². The quantitative estimate of drug-likeness (QED) is 0.523. The van der Waals surface area contributed by atoms with E-state index in [2.05, 4.69) is 26.6 Å². The third-order valence-electron chi connectivity index (χ3n) is 3.98. The molecule has 2 aromatic carbocycles. The van der Waals surface area contributed by atoms with E-state index in [1.54, 1.807) is 60.9 Å². The maximum Gasteiger partial charge on any atom is 0.255 e. The van der Waals surface area contributed by atoms with Crippen LogP contribution in [0.3, 0.4) is 0 Å². The molecule has 0 saturated heterocycles. The maximum atomic E-state index is 12.7. The van der Waals surface area contributed by atoms with Gasteiger partial charge in [-0.15, -0.1) is 0 Å². The monoisotopic (exact) mass is 456 g/mol. The Balaban J connectivity index is 1.72. The Bertz CT molecular complexity index is 1000. The van der Waals surface area contributed by atoms with Crippen molar-refractivity contribution in [1.29, 1.82) is 0 Å². The Morgan fingerprint density at radius 1 is 1.07 bits per heavy atom. The van der Waals surface area contributed by atoms with Crippen molar-refractivity contribution in [2.24, 2.45) is 0 Å². The molecule has 0 saturated carbocycles. The van der Waals surface area contributed by atoms with Crippen LogP contribution in [0.4, 0.5) is 5.69 Å². The van der Waals surface area contributed by atoms with Crippen LogP contribution in [0.5, 0.6) is 5.75 Å². The Morgan fingerprint density at radius 3 is 2.55 bits per heavy atom. The summed E-state index contributed by atoms with van der Waals surface area (Å²) in [4.78, 5) is 25.3. The average Bonchev–Trinajstić information content (AvgIpc) is 3.21. The number of ether oxygens (including phenoxy) is 1. The molecule has 1 heterocycles. The number of hydrogen-bond donors (Lipinski definition) is 2. The minimum Gasteiger partial charge on any atom is -0.490 e. The fourth-order valence-corrected chi connectivity index (χ4v) is 3.12. The summed E-state index contributed by atoms with van der Waals surface area (Å²) in [5.41, 5.74) is 1.23. The van der Waals surface area contributed by atoms with Gasteiger partial charge in [-0.05, 0) is 72.2 Å². The van der Waals surface area contributed by atoms with Crippen LogP contribution in [0.25, 0.3) is 0 Å². The summed E-state index contributed by atoms with van der Waals surface area (Å²) >= 11 is 3.43. The van der Waals surface area contributed by atoms with Crippen LogP contribution in [0.1, 0.15) is 40.3 Å². The van der Waals surface area contributed by atoms with Gasteiger partial charge < -0.3 is 19.8 Å². The molecule has 150 valence electrons. The molecule has 0 radical (unpaired) electrons. The van der Waals surface area contributed by atoms with E-state index in [0.717, 1.165) is 0 Å². The highest BCUT2D eigenvalue weighted by Gasteiger charge is 2.15. The highest BCUT2D eigenvalue weighted by molar-refractivity contribution is 9.10. The number of carbonyl (C=O) groups excluding carboxylic acids is 2. The zero-order chi connectivity index (χ0) is 20.8. The Hall–Kier alpha value is -3.06. The molecule has 0 aliphatic heterocycles. The molecule has 2 amide bonds. The molecule has 0 bridgehead atoms. The second-order valence-electron chi connectivity index (χ2n) is 6.57. The SMILES string of the molecule is CC(C)Oc1ccc(C(=O)Nc2ccccc2C(=O)NCc2ccco2)cc1Br. The van der Waals surface area contributed by atoms with Crippen LogP contribution in [0, 0.1) is 0 Å². The van der Waals surface area contributed by atoms with Crippen molar-refractivity contribution in [2.45, 2.75) is 26.5 Å². The first-order chi connectivity index (χ1) is 13.9. The minimum atomic E-state index is -0.326. The van der Waals surface area contributed by atoms with Gasteiger partial charge in [-0.2, -0.15) is 0 Å². The number of carbonyl (C=O) groups is 2. The lowest BCUT2D eigenvalue weighted by Crippen LogP contribution is -2.24. The Labute approximate surface area is 177 Å². The van der Waals surface area contributed by atoms with E-state index in [1.165, 1.54) is 0 Å². The number of furan rings is 1. The molecule has 0 unspecified atom stereocenters. The lowest BCUT2D eigenvalue weighted by Gasteiger charge is -2.13. The summed E-state index contributed by atoms with van der Waals surface area (Å²) in [5, 5.41) is 5.58. The van der Waals surface area contributed by atoms with Crippen molar-refractivity contribution in [3.63, 3.8) is 0 Å². The third kappa shape index (κ3) is 5.48. The van der Waals surface area contributed by atoms with Gasteiger partial charge in [0.15, 0.2) is 0 Å². The van der Waals surface area contributed by atoms with Crippen LogP contribution in [-0.4, -0.2) is 17.9 Å². The third-order valence-corrected chi connectivity index (χ3v) is 4.60. The minimum absolute atomic E-state index is 0.0255. The molecule has 0 aliphatic carbocycles. The molecule has 2 N–H and O–H groups in total. The summed E-state index contributed by atoms with van der Waals surface area (Å²) in [6, 6.07) is 15.5. The van der Waals surface area contributed by atoms with Crippen molar-refractivity contribution in [3.8, 4) is 5.75 Å². The van der Waals surface area contributed by atoms with Gasteiger partial charge in [0.25, 0.3) is 11.8 Å². The van der Waals surface area contributed by atoms with E-state index in [-0.39, 0.29) is 24.5 Å². The number of para-hydroxylation sites is 1. The van der Waals surface area contributed by atoms with Crippen molar-refractivity contribution in [3.05, 3.63) is 82.2 Å². The average molecular weight is 457 g/mol. The van der Waals surface area contributed by atoms with Gasteiger partial charge in [-0.3, -0.25) is 9.59 Å². The van der Waals surface area contributed by atoms with E-state index >= 15 is 0 Å². The number of nitrogens with one attached hydrogen (secondary N) is 2. The summed E-state index contributed by atoms with van der Waals surface area (Å²) in [6.07, 6.45) is 1.57.